The van der Waals surface area contributed by atoms with Gasteiger partial charge in [0.15, 0.2) is 0 Å². The van der Waals surface area contributed by atoms with Crippen molar-refractivity contribution in [3.63, 3.8) is 0 Å². The van der Waals surface area contributed by atoms with Crippen LogP contribution >= 0.6 is 15.9 Å². The molecule has 1 saturated carbocycles. The highest BCUT2D eigenvalue weighted by Crippen LogP contribution is 2.24. The fraction of sp³-hybridized carbons (Fsp3) is 0.538. The highest BCUT2D eigenvalue weighted by atomic mass is 79.9. The molecule has 0 atom stereocenters. The summed E-state index contributed by atoms with van der Waals surface area (Å²) in [5.41, 5.74) is 1.17. The molecule has 0 bridgehead atoms. The summed E-state index contributed by atoms with van der Waals surface area (Å²) >= 11 is 3.23. The van der Waals surface area contributed by atoms with E-state index in [0.717, 1.165) is 6.54 Å². The van der Waals surface area contributed by atoms with E-state index in [0.29, 0.717) is 10.5 Å². The van der Waals surface area contributed by atoms with Crippen LogP contribution in [0.25, 0.3) is 0 Å². The van der Waals surface area contributed by atoms with Gasteiger partial charge in [-0.2, -0.15) is 0 Å². The Morgan fingerprint density at radius 3 is 2.69 bits per heavy atom. The molecule has 0 radical (unpaired) electrons. The first-order valence-corrected chi connectivity index (χ1v) is 6.60. The molecule has 1 aliphatic rings. The van der Waals surface area contributed by atoms with E-state index in [1.165, 1.54) is 37.3 Å². The number of rotatable bonds is 3. The lowest BCUT2D eigenvalue weighted by Gasteiger charge is -2.24. The molecule has 0 saturated heterocycles. The minimum absolute atomic E-state index is 0.188. The summed E-state index contributed by atoms with van der Waals surface area (Å²) in [6.07, 6.45) is 5.31. The average Bonchev–Trinajstić information content (AvgIpc) is 2.77. The van der Waals surface area contributed by atoms with Gasteiger partial charge in [0.25, 0.3) is 0 Å². The van der Waals surface area contributed by atoms with Crippen molar-refractivity contribution >= 4 is 15.9 Å². The van der Waals surface area contributed by atoms with E-state index < -0.39 is 0 Å². The van der Waals surface area contributed by atoms with Gasteiger partial charge >= 0.3 is 0 Å². The summed E-state index contributed by atoms with van der Waals surface area (Å²) in [6, 6.07) is 5.98. The van der Waals surface area contributed by atoms with Gasteiger partial charge < -0.3 is 0 Å². The second-order valence-electron chi connectivity index (χ2n) is 4.60. The largest absolute Gasteiger partial charge is 0.299 e. The Kier molecular flexibility index (Phi) is 3.98. The molecule has 2 rings (SSSR count). The molecule has 1 aliphatic carbocycles. The zero-order valence-corrected chi connectivity index (χ0v) is 11.1. The van der Waals surface area contributed by atoms with Gasteiger partial charge in [0.1, 0.15) is 5.82 Å². The topological polar surface area (TPSA) is 3.24 Å². The molecule has 1 fully saturated rings. The summed E-state index contributed by atoms with van der Waals surface area (Å²) in [4.78, 5) is 2.38. The van der Waals surface area contributed by atoms with Crippen LogP contribution in [-0.4, -0.2) is 18.0 Å². The van der Waals surface area contributed by atoms with E-state index in [-0.39, 0.29) is 5.82 Å². The fourth-order valence-electron chi connectivity index (χ4n) is 2.40. The summed E-state index contributed by atoms with van der Waals surface area (Å²) in [6.45, 7) is 0.906. The molecule has 1 aromatic rings. The van der Waals surface area contributed by atoms with Gasteiger partial charge in [-0.1, -0.05) is 18.9 Å². The molecule has 1 aromatic carbocycles. The maximum absolute atomic E-state index is 13.1. The molecule has 88 valence electrons. The van der Waals surface area contributed by atoms with Gasteiger partial charge in [-0.25, -0.2) is 4.39 Å². The van der Waals surface area contributed by atoms with Gasteiger partial charge in [0.2, 0.25) is 0 Å². The minimum atomic E-state index is -0.188. The first-order valence-electron chi connectivity index (χ1n) is 5.81. The third-order valence-corrected chi connectivity index (χ3v) is 3.97. The lowest BCUT2D eigenvalue weighted by molar-refractivity contribution is 0.237. The minimum Gasteiger partial charge on any atom is -0.299 e. The first-order chi connectivity index (χ1) is 7.66. The van der Waals surface area contributed by atoms with Crippen LogP contribution in [0.5, 0.6) is 0 Å². The number of benzene rings is 1. The van der Waals surface area contributed by atoms with Crippen molar-refractivity contribution < 1.29 is 4.39 Å². The summed E-state index contributed by atoms with van der Waals surface area (Å²) < 4.78 is 13.6. The maximum Gasteiger partial charge on any atom is 0.137 e. The lowest BCUT2D eigenvalue weighted by Crippen LogP contribution is -2.28. The maximum atomic E-state index is 13.1. The molecule has 0 heterocycles. The number of nitrogens with zero attached hydrogens (tertiary/aromatic N) is 1. The molecule has 3 heteroatoms. The van der Waals surface area contributed by atoms with Crippen molar-refractivity contribution in [2.24, 2.45) is 0 Å². The van der Waals surface area contributed by atoms with Crippen LogP contribution in [0.3, 0.4) is 0 Å². The molecule has 16 heavy (non-hydrogen) atoms. The predicted molar refractivity (Wildman–Crippen MR) is 67.8 cm³/mol. The Morgan fingerprint density at radius 2 is 2.06 bits per heavy atom. The molecule has 1 nitrogen and oxygen atoms in total. The van der Waals surface area contributed by atoms with E-state index >= 15 is 0 Å². The number of hydrogen-bond donors (Lipinski definition) is 0. The lowest BCUT2D eigenvalue weighted by atomic mass is 10.1. The Morgan fingerprint density at radius 1 is 1.38 bits per heavy atom. The molecule has 0 aliphatic heterocycles. The van der Waals surface area contributed by atoms with E-state index in [1.807, 2.05) is 12.1 Å². The van der Waals surface area contributed by atoms with Gasteiger partial charge in [-0.05, 0) is 53.5 Å². The fourth-order valence-corrected chi connectivity index (χ4v) is 2.83. The highest BCUT2D eigenvalue weighted by Gasteiger charge is 2.19. The molecule has 0 N–H and O–H groups in total. The SMILES string of the molecule is CN(Cc1ccc(F)c(Br)c1)C1CCCC1. The number of halogens is 2. The summed E-state index contributed by atoms with van der Waals surface area (Å²) in [5.74, 6) is -0.188. The van der Waals surface area contributed by atoms with Crippen molar-refractivity contribution in [2.45, 2.75) is 38.3 Å². The number of hydrogen-bond acceptors (Lipinski definition) is 1. The van der Waals surface area contributed by atoms with Gasteiger partial charge in [-0.15, -0.1) is 0 Å². The molecule has 0 amide bonds. The molecular formula is C13H17BrFN. The van der Waals surface area contributed by atoms with E-state index in [9.17, 15) is 4.39 Å². The van der Waals surface area contributed by atoms with Crippen molar-refractivity contribution in [1.29, 1.82) is 0 Å². The third-order valence-electron chi connectivity index (χ3n) is 3.36. The van der Waals surface area contributed by atoms with E-state index in [2.05, 4.69) is 27.9 Å². The first kappa shape index (κ1) is 12.1. The third kappa shape index (κ3) is 2.83. The van der Waals surface area contributed by atoms with Crippen LogP contribution in [-0.2, 0) is 6.54 Å². The van der Waals surface area contributed by atoms with Gasteiger partial charge in [0.05, 0.1) is 4.47 Å². The van der Waals surface area contributed by atoms with Crippen molar-refractivity contribution in [1.82, 2.24) is 4.90 Å². The van der Waals surface area contributed by atoms with Gasteiger partial charge in [0, 0.05) is 12.6 Å². The van der Waals surface area contributed by atoms with Crippen LogP contribution in [0, 0.1) is 5.82 Å². The smallest absolute Gasteiger partial charge is 0.137 e. The molecular weight excluding hydrogens is 269 g/mol. The predicted octanol–water partition coefficient (Wildman–Crippen LogP) is 3.96. The van der Waals surface area contributed by atoms with E-state index in [1.54, 1.807) is 0 Å². The zero-order valence-electron chi connectivity index (χ0n) is 9.55. The van der Waals surface area contributed by atoms with Crippen molar-refractivity contribution in [3.05, 3.63) is 34.1 Å². The summed E-state index contributed by atoms with van der Waals surface area (Å²) in [5, 5.41) is 0. The standard InChI is InChI=1S/C13H17BrFN/c1-16(11-4-2-3-5-11)9-10-6-7-13(15)12(14)8-10/h6-8,11H,2-5,9H2,1H3. The van der Waals surface area contributed by atoms with Crippen LogP contribution in [0.2, 0.25) is 0 Å². The average molecular weight is 286 g/mol. The zero-order chi connectivity index (χ0) is 11.5. The van der Waals surface area contributed by atoms with Crippen LogP contribution in [0.4, 0.5) is 4.39 Å². The quantitative estimate of drug-likeness (QED) is 0.813. The van der Waals surface area contributed by atoms with Gasteiger partial charge in [-0.3, -0.25) is 4.90 Å². The van der Waals surface area contributed by atoms with Crippen LogP contribution < -0.4 is 0 Å². The van der Waals surface area contributed by atoms with Crippen molar-refractivity contribution in [3.8, 4) is 0 Å². The Bertz CT molecular complexity index is 361. The molecule has 0 spiro atoms. The molecule has 0 unspecified atom stereocenters. The van der Waals surface area contributed by atoms with Crippen LogP contribution in [0.1, 0.15) is 31.2 Å². The van der Waals surface area contributed by atoms with Crippen LogP contribution in [0.15, 0.2) is 22.7 Å². The Labute approximate surface area is 105 Å². The Hall–Kier alpha value is -0.410. The molecule has 0 aromatic heterocycles. The highest BCUT2D eigenvalue weighted by molar-refractivity contribution is 9.10. The summed E-state index contributed by atoms with van der Waals surface area (Å²) in [7, 11) is 2.16. The second kappa shape index (κ2) is 5.28. The Balaban J connectivity index is 1.99. The second-order valence-corrected chi connectivity index (χ2v) is 5.46. The monoisotopic (exact) mass is 285 g/mol. The normalized spacial score (nSPS) is 17.2. The van der Waals surface area contributed by atoms with Crippen molar-refractivity contribution in [2.75, 3.05) is 7.05 Å². The van der Waals surface area contributed by atoms with E-state index in [4.69, 9.17) is 0 Å².